The number of anilines is 1. The van der Waals surface area contributed by atoms with E-state index in [0.717, 1.165) is 4.73 Å². The van der Waals surface area contributed by atoms with Crippen molar-refractivity contribution in [3.8, 4) is 0 Å². The summed E-state index contributed by atoms with van der Waals surface area (Å²) in [5, 5.41) is 8.58. The lowest BCUT2D eigenvalue weighted by molar-refractivity contribution is 0.118. The van der Waals surface area contributed by atoms with Crippen molar-refractivity contribution in [2.75, 3.05) is 19.0 Å². The molecule has 0 fully saturated rings. The molecular formula is C5H10N4O2. The lowest BCUT2D eigenvalue weighted by Gasteiger charge is -2.02. The summed E-state index contributed by atoms with van der Waals surface area (Å²) in [4.78, 5) is 15.8. The maximum absolute atomic E-state index is 10.9. The van der Waals surface area contributed by atoms with Crippen LogP contribution < -0.4 is 15.8 Å². The SMILES string of the molecule is CCOn1c(NC)n[nH]c1=O. The third-order valence-corrected chi connectivity index (χ3v) is 1.12. The Bertz CT molecular complexity index is 276. The zero-order valence-electron chi connectivity index (χ0n) is 6.42. The molecule has 0 atom stereocenters. The first kappa shape index (κ1) is 7.64. The summed E-state index contributed by atoms with van der Waals surface area (Å²) in [6.07, 6.45) is 0. The topological polar surface area (TPSA) is 71.9 Å². The number of aromatic amines is 1. The second-order valence-electron chi connectivity index (χ2n) is 1.81. The number of aromatic nitrogens is 3. The van der Waals surface area contributed by atoms with E-state index in [1.807, 2.05) is 0 Å². The average molecular weight is 158 g/mol. The largest absolute Gasteiger partial charge is 0.406 e. The number of nitrogens with one attached hydrogen (secondary N) is 2. The maximum Gasteiger partial charge on any atom is 0.378 e. The highest BCUT2D eigenvalue weighted by Crippen LogP contribution is 1.91. The monoisotopic (exact) mass is 158 g/mol. The summed E-state index contributed by atoms with van der Waals surface area (Å²) in [5.41, 5.74) is -0.379. The Morgan fingerprint density at radius 2 is 2.55 bits per heavy atom. The highest BCUT2D eigenvalue weighted by atomic mass is 16.7. The lowest BCUT2D eigenvalue weighted by atomic mass is 10.9. The first-order valence-corrected chi connectivity index (χ1v) is 3.28. The van der Waals surface area contributed by atoms with Crippen LogP contribution in [0.25, 0.3) is 0 Å². The Hall–Kier alpha value is -1.46. The fraction of sp³-hybridized carbons (Fsp3) is 0.600. The lowest BCUT2D eigenvalue weighted by Crippen LogP contribution is -2.25. The Morgan fingerprint density at radius 1 is 1.82 bits per heavy atom. The Kier molecular flexibility index (Phi) is 2.15. The van der Waals surface area contributed by atoms with Gasteiger partial charge in [-0.3, -0.25) is 0 Å². The van der Waals surface area contributed by atoms with E-state index >= 15 is 0 Å². The van der Waals surface area contributed by atoms with Crippen molar-refractivity contribution in [3.05, 3.63) is 10.5 Å². The Labute approximate surface area is 63.1 Å². The van der Waals surface area contributed by atoms with Gasteiger partial charge >= 0.3 is 5.69 Å². The van der Waals surface area contributed by atoms with Crippen LogP contribution >= 0.6 is 0 Å². The minimum absolute atomic E-state index is 0.372. The molecule has 0 aliphatic rings. The summed E-state index contributed by atoms with van der Waals surface area (Å²) >= 11 is 0. The van der Waals surface area contributed by atoms with Crippen molar-refractivity contribution >= 4 is 5.95 Å². The Morgan fingerprint density at radius 3 is 3.09 bits per heavy atom. The molecule has 0 unspecified atom stereocenters. The van der Waals surface area contributed by atoms with Gasteiger partial charge in [0.15, 0.2) is 0 Å². The van der Waals surface area contributed by atoms with E-state index in [9.17, 15) is 4.79 Å². The number of hydrogen-bond acceptors (Lipinski definition) is 4. The van der Waals surface area contributed by atoms with Gasteiger partial charge in [0, 0.05) is 7.05 Å². The van der Waals surface area contributed by atoms with Crippen LogP contribution in [0.4, 0.5) is 5.95 Å². The molecule has 6 heteroatoms. The highest BCUT2D eigenvalue weighted by molar-refractivity contribution is 5.19. The molecule has 0 bridgehead atoms. The molecule has 0 aromatic carbocycles. The molecule has 11 heavy (non-hydrogen) atoms. The molecular weight excluding hydrogens is 148 g/mol. The number of hydrogen-bond donors (Lipinski definition) is 2. The van der Waals surface area contributed by atoms with Crippen LogP contribution in [0.1, 0.15) is 6.92 Å². The van der Waals surface area contributed by atoms with E-state index < -0.39 is 0 Å². The van der Waals surface area contributed by atoms with Gasteiger partial charge in [-0.15, -0.1) is 5.10 Å². The third-order valence-electron chi connectivity index (χ3n) is 1.12. The van der Waals surface area contributed by atoms with Gasteiger partial charge in [-0.05, 0) is 6.92 Å². The summed E-state index contributed by atoms with van der Waals surface area (Å²) in [6, 6.07) is 0. The minimum atomic E-state index is -0.379. The fourth-order valence-electron chi connectivity index (χ4n) is 0.694. The summed E-state index contributed by atoms with van der Waals surface area (Å²) in [5.74, 6) is 0.372. The van der Waals surface area contributed by atoms with E-state index in [1.165, 1.54) is 0 Å². The molecule has 6 nitrogen and oxygen atoms in total. The van der Waals surface area contributed by atoms with Crippen molar-refractivity contribution in [2.45, 2.75) is 6.92 Å². The second kappa shape index (κ2) is 3.09. The van der Waals surface area contributed by atoms with Gasteiger partial charge in [0.25, 0.3) is 5.95 Å². The van der Waals surface area contributed by atoms with Crippen LogP contribution in [0.15, 0.2) is 4.79 Å². The molecule has 0 spiro atoms. The van der Waals surface area contributed by atoms with Crippen LogP contribution in [0.2, 0.25) is 0 Å². The number of nitrogens with zero attached hydrogens (tertiary/aromatic N) is 2. The van der Waals surface area contributed by atoms with Crippen molar-refractivity contribution in [1.29, 1.82) is 0 Å². The van der Waals surface area contributed by atoms with Crippen molar-refractivity contribution < 1.29 is 4.84 Å². The van der Waals surface area contributed by atoms with E-state index in [1.54, 1.807) is 14.0 Å². The van der Waals surface area contributed by atoms with Gasteiger partial charge in [0.1, 0.15) is 6.61 Å². The van der Waals surface area contributed by atoms with Crippen molar-refractivity contribution in [3.63, 3.8) is 0 Å². The molecule has 1 rings (SSSR count). The predicted molar refractivity (Wildman–Crippen MR) is 39.5 cm³/mol. The molecule has 1 heterocycles. The van der Waals surface area contributed by atoms with E-state index in [4.69, 9.17) is 4.84 Å². The predicted octanol–water partition coefficient (Wildman–Crippen LogP) is -0.938. The Balaban J connectivity index is 2.97. The smallest absolute Gasteiger partial charge is 0.378 e. The highest BCUT2D eigenvalue weighted by Gasteiger charge is 2.04. The van der Waals surface area contributed by atoms with Crippen molar-refractivity contribution in [1.82, 2.24) is 14.9 Å². The van der Waals surface area contributed by atoms with Gasteiger partial charge in [-0.1, -0.05) is 4.73 Å². The van der Waals surface area contributed by atoms with Gasteiger partial charge in [0.2, 0.25) is 0 Å². The zero-order chi connectivity index (χ0) is 8.27. The molecule has 0 aliphatic heterocycles. The van der Waals surface area contributed by atoms with Gasteiger partial charge in [-0.25, -0.2) is 9.89 Å². The molecule has 0 saturated carbocycles. The van der Waals surface area contributed by atoms with Gasteiger partial charge in [-0.2, -0.15) is 0 Å². The molecule has 2 N–H and O–H groups in total. The normalized spacial score (nSPS) is 9.64. The van der Waals surface area contributed by atoms with E-state index in [0.29, 0.717) is 12.6 Å². The summed E-state index contributed by atoms with van der Waals surface area (Å²) in [6.45, 7) is 2.22. The third kappa shape index (κ3) is 1.34. The molecule has 0 saturated heterocycles. The van der Waals surface area contributed by atoms with Crippen LogP contribution in [0.3, 0.4) is 0 Å². The average Bonchev–Trinajstić information content (AvgIpc) is 2.34. The van der Waals surface area contributed by atoms with Crippen LogP contribution in [-0.4, -0.2) is 28.6 Å². The zero-order valence-corrected chi connectivity index (χ0v) is 6.42. The minimum Gasteiger partial charge on any atom is -0.406 e. The quantitative estimate of drug-likeness (QED) is 0.595. The molecule has 0 amide bonds. The maximum atomic E-state index is 10.9. The second-order valence-corrected chi connectivity index (χ2v) is 1.81. The van der Waals surface area contributed by atoms with Crippen LogP contribution in [0, 0.1) is 0 Å². The van der Waals surface area contributed by atoms with Crippen LogP contribution in [-0.2, 0) is 0 Å². The molecule has 62 valence electrons. The summed E-state index contributed by atoms with van der Waals surface area (Å²) < 4.78 is 1.07. The van der Waals surface area contributed by atoms with Crippen molar-refractivity contribution in [2.24, 2.45) is 0 Å². The van der Waals surface area contributed by atoms with Gasteiger partial charge in [0.05, 0.1) is 0 Å². The standard InChI is InChI=1S/C5H10N4O2/c1-3-11-9-4(6-2)7-8-5(9)10/h3H2,1-2H3,(H,6,7)(H,8,10). The number of rotatable bonds is 3. The molecule has 1 aromatic rings. The fourth-order valence-corrected chi connectivity index (χ4v) is 0.694. The first-order valence-electron chi connectivity index (χ1n) is 3.28. The van der Waals surface area contributed by atoms with E-state index in [2.05, 4.69) is 15.5 Å². The van der Waals surface area contributed by atoms with Crippen LogP contribution in [0.5, 0.6) is 0 Å². The van der Waals surface area contributed by atoms with Gasteiger partial charge < -0.3 is 10.2 Å². The number of H-pyrrole nitrogens is 1. The first-order chi connectivity index (χ1) is 5.29. The summed E-state index contributed by atoms with van der Waals surface area (Å²) in [7, 11) is 1.66. The molecule has 0 radical (unpaired) electrons. The molecule has 0 aliphatic carbocycles. The van der Waals surface area contributed by atoms with E-state index in [-0.39, 0.29) is 5.69 Å². The molecule has 1 aromatic heterocycles.